The van der Waals surface area contributed by atoms with Crippen LogP contribution in [-0.2, 0) is 12.0 Å². The molecule has 1 aliphatic heterocycles. The van der Waals surface area contributed by atoms with Gasteiger partial charge in [0.05, 0.1) is 12.2 Å². The van der Waals surface area contributed by atoms with Gasteiger partial charge >= 0.3 is 5.97 Å². The second-order valence-electron chi connectivity index (χ2n) is 7.14. The highest BCUT2D eigenvalue weighted by molar-refractivity contribution is 7.13. The summed E-state index contributed by atoms with van der Waals surface area (Å²) in [6.45, 7) is 11.3. The summed E-state index contributed by atoms with van der Waals surface area (Å²) in [5, 5.41) is 10.3. The number of thiazole rings is 1. The van der Waals surface area contributed by atoms with Crippen LogP contribution >= 0.6 is 11.3 Å². The summed E-state index contributed by atoms with van der Waals surface area (Å²) in [6, 6.07) is 1.09. The highest BCUT2D eigenvalue weighted by Crippen LogP contribution is 2.32. The summed E-state index contributed by atoms with van der Waals surface area (Å²) in [5.74, 6) is -0.858. The molecule has 0 bridgehead atoms. The first-order valence-electron chi connectivity index (χ1n) is 7.69. The Kier molecular flexibility index (Phi) is 4.73. The molecule has 1 N–H and O–H groups in total. The van der Waals surface area contributed by atoms with E-state index in [9.17, 15) is 9.90 Å². The zero-order chi connectivity index (χ0) is 15.8. The number of carboxylic acids is 1. The van der Waals surface area contributed by atoms with Crippen molar-refractivity contribution >= 4 is 17.3 Å². The van der Waals surface area contributed by atoms with Crippen LogP contribution in [0.3, 0.4) is 0 Å². The van der Waals surface area contributed by atoms with Gasteiger partial charge in [-0.3, -0.25) is 4.90 Å². The quantitative estimate of drug-likeness (QED) is 0.920. The fraction of sp³-hybridized carbons (Fsp3) is 0.750. The van der Waals surface area contributed by atoms with E-state index in [0.717, 1.165) is 11.6 Å². The molecular formula is C16H26N2O2S. The predicted octanol–water partition coefficient (Wildman–Crippen LogP) is 3.90. The molecule has 21 heavy (non-hydrogen) atoms. The average molecular weight is 310 g/mol. The van der Waals surface area contributed by atoms with Crippen molar-refractivity contribution in [1.29, 1.82) is 0 Å². The number of aromatic nitrogens is 1. The van der Waals surface area contributed by atoms with Crippen molar-refractivity contribution in [1.82, 2.24) is 9.88 Å². The summed E-state index contributed by atoms with van der Waals surface area (Å²) in [7, 11) is 0. The Morgan fingerprint density at radius 3 is 2.33 bits per heavy atom. The first-order valence-corrected chi connectivity index (χ1v) is 8.51. The van der Waals surface area contributed by atoms with Gasteiger partial charge in [-0.2, -0.15) is 0 Å². The number of rotatable bonds is 3. The molecule has 5 heteroatoms. The third kappa shape index (κ3) is 3.64. The van der Waals surface area contributed by atoms with Crippen molar-refractivity contribution in [3.05, 3.63) is 15.6 Å². The van der Waals surface area contributed by atoms with Gasteiger partial charge in [-0.05, 0) is 26.7 Å². The largest absolute Gasteiger partial charge is 0.477 e. The lowest BCUT2D eigenvalue weighted by Gasteiger charge is -2.38. The Labute approximate surface area is 131 Å². The van der Waals surface area contributed by atoms with Crippen molar-refractivity contribution in [2.75, 3.05) is 0 Å². The number of carboxylic acid groups (broad SMARTS) is 1. The molecule has 0 aromatic carbocycles. The van der Waals surface area contributed by atoms with Crippen LogP contribution in [-0.4, -0.2) is 33.0 Å². The molecule has 0 aliphatic carbocycles. The SMILES string of the molecule is CC1CCCC(C)N1Cc1nc(C(C)(C)C)c(C(=O)O)s1. The molecule has 2 unspecified atom stereocenters. The number of aromatic carboxylic acids is 1. The summed E-state index contributed by atoms with van der Waals surface area (Å²) < 4.78 is 0. The van der Waals surface area contributed by atoms with E-state index in [-0.39, 0.29) is 5.41 Å². The van der Waals surface area contributed by atoms with Gasteiger partial charge in [0.1, 0.15) is 9.88 Å². The first kappa shape index (κ1) is 16.4. The number of likely N-dealkylation sites (tertiary alicyclic amines) is 1. The molecule has 0 saturated carbocycles. The molecule has 1 fully saturated rings. The lowest BCUT2D eigenvalue weighted by atomic mass is 9.91. The van der Waals surface area contributed by atoms with Crippen LogP contribution in [0.4, 0.5) is 0 Å². The van der Waals surface area contributed by atoms with E-state index in [1.165, 1.54) is 30.6 Å². The van der Waals surface area contributed by atoms with Gasteiger partial charge in [-0.25, -0.2) is 9.78 Å². The monoisotopic (exact) mass is 310 g/mol. The van der Waals surface area contributed by atoms with Crippen LogP contribution in [0.25, 0.3) is 0 Å². The topological polar surface area (TPSA) is 53.4 Å². The van der Waals surface area contributed by atoms with Gasteiger partial charge in [0, 0.05) is 17.5 Å². The normalized spacial score (nSPS) is 24.2. The molecule has 1 aromatic rings. The smallest absolute Gasteiger partial charge is 0.347 e. The number of carbonyl (C=O) groups is 1. The highest BCUT2D eigenvalue weighted by Gasteiger charge is 2.30. The molecule has 0 spiro atoms. The molecule has 1 aromatic heterocycles. The molecule has 2 atom stereocenters. The van der Waals surface area contributed by atoms with Crippen molar-refractivity contribution in [2.24, 2.45) is 0 Å². The van der Waals surface area contributed by atoms with Crippen LogP contribution in [0, 0.1) is 0 Å². The first-order chi connectivity index (χ1) is 9.70. The Balaban J connectivity index is 2.26. The highest BCUT2D eigenvalue weighted by atomic mass is 32.1. The van der Waals surface area contributed by atoms with Crippen molar-refractivity contribution < 1.29 is 9.90 Å². The molecule has 118 valence electrons. The zero-order valence-electron chi connectivity index (χ0n) is 13.6. The summed E-state index contributed by atoms with van der Waals surface area (Å²) >= 11 is 1.34. The molecular weight excluding hydrogens is 284 g/mol. The minimum atomic E-state index is -0.858. The molecule has 4 nitrogen and oxygen atoms in total. The van der Waals surface area contributed by atoms with Crippen molar-refractivity contribution in [2.45, 2.75) is 77.9 Å². The second-order valence-corrected chi connectivity index (χ2v) is 8.23. The molecule has 1 saturated heterocycles. The Bertz CT molecular complexity index is 509. The van der Waals surface area contributed by atoms with E-state index >= 15 is 0 Å². The second kappa shape index (κ2) is 6.05. The Morgan fingerprint density at radius 2 is 1.90 bits per heavy atom. The van der Waals surface area contributed by atoms with Crippen LogP contribution in [0.1, 0.15) is 74.3 Å². The van der Waals surface area contributed by atoms with Gasteiger partial charge in [0.15, 0.2) is 0 Å². The van der Waals surface area contributed by atoms with Gasteiger partial charge in [-0.15, -0.1) is 11.3 Å². The van der Waals surface area contributed by atoms with E-state index in [4.69, 9.17) is 0 Å². The maximum atomic E-state index is 11.5. The van der Waals surface area contributed by atoms with Crippen LogP contribution in [0.2, 0.25) is 0 Å². The number of hydrogen-bond acceptors (Lipinski definition) is 4. The van der Waals surface area contributed by atoms with Crippen molar-refractivity contribution in [3.8, 4) is 0 Å². The van der Waals surface area contributed by atoms with E-state index in [1.807, 2.05) is 20.8 Å². The van der Waals surface area contributed by atoms with E-state index in [2.05, 4.69) is 23.7 Å². The summed E-state index contributed by atoms with van der Waals surface area (Å²) in [4.78, 5) is 19.0. The summed E-state index contributed by atoms with van der Waals surface area (Å²) in [5.41, 5.74) is 0.481. The van der Waals surface area contributed by atoms with E-state index in [0.29, 0.717) is 22.7 Å². The lowest BCUT2D eigenvalue weighted by molar-refractivity contribution is 0.0699. The Hall–Kier alpha value is -0.940. The number of hydrogen-bond donors (Lipinski definition) is 1. The van der Waals surface area contributed by atoms with Gasteiger partial charge in [0.25, 0.3) is 0 Å². The van der Waals surface area contributed by atoms with Crippen LogP contribution in [0.5, 0.6) is 0 Å². The van der Waals surface area contributed by atoms with Gasteiger partial charge in [-0.1, -0.05) is 27.2 Å². The number of nitrogens with zero attached hydrogens (tertiary/aromatic N) is 2. The molecule has 2 heterocycles. The molecule has 2 rings (SSSR count). The molecule has 0 amide bonds. The zero-order valence-corrected chi connectivity index (χ0v) is 14.5. The fourth-order valence-corrected chi connectivity index (χ4v) is 4.15. The standard InChI is InChI=1S/C16H26N2O2S/c1-10-7-6-8-11(2)18(10)9-12-17-14(16(3,4)5)13(21-12)15(19)20/h10-11H,6-9H2,1-5H3,(H,19,20). The maximum Gasteiger partial charge on any atom is 0.347 e. The molecule has 1 aliphatic rings. The van der Waals surface area contributed by atoms with Crippen LogP contribution < -0.4 is 0 Å². The van der Waals surface area contributed by atoms with Crippen molar-refractivity contribution in [3.63, 3.8) is 0 Å². The third-order valence-corrected chi connectivity index (χ3v) is 5.30. The predicted molar refractivity (Wildman–Crippen MR) is 86.1 cm³/mol. The van der Waals surface area contributed by atoms with E-state index < -0.39 is 5.97 Å². The lowest BCUT2D eigenvalue weighted by Crippen LogP contribution is -2.42. The average Bonchev–Trinajstić information content (AvgIpc) is 2.78. The Morgan fingerprint density at radius 1 is 1.33 bits per heavy atom. The molecule has 0 radical (unpaired) electrons. The fourth-order valence-electron chi connectivity index (χ4n) is 3.03. The third-order valence-electron chi connectivity index (χ3n) is 4.27. The van der Waals surface area contributed by atoms with Gasteiger partial charge in [0.2, 0.25) is 0 Å². The van der Waals surface area contributed by atoms with Gasteiger partial charge < -0.3 is 5.11 Å². The van der Waals surface area contributed by atoms with E-state index in [1.54, 1.807) is 0 Å². The van der Waals surface area contributed by atoms with Crippen LogP contribution in [0.15, 0.2) is 0 Å². The minimum absolute atomic E-state index is 0.235. The number of piperidine rings is 1. The maximum absolute atomic E-state index is 11.5. The minimum Gasteiger partial charge on any atom is -0.477 e. The summed E-state index contributed by atoms with van der Waals surface area (Å²) in [6.07, 6.45) is 3.71.